The third-order valence-electron chi connectivity index (χ3n) is 4.77. The number of amidine groups is 1. The second kappa shape index (κ2) is 6.74. The fourth-order valence-corrected chi connectivity index (χ4v) is 3.49. The number of benzene rings is 2. The van der Waals surface area contributed by atoms with E-state index in [4.69, 9.17) is 16.6 Å². The van der Waals surface area contributed by atoms with Crippen molar-refractivity contribution in [1.29, 1.82) is 0 Å². The van der Waals surface area contributed by atoms with E-state index in [2.05, 4.69) is 16.8 Å². The van der Waals surface area contributed by atoms with Gasteiger partial charge in [0, 0.05) is 16.1 Å². The smallest absolute Gasteiger partial charge is 0.161 e. The fourth-order valence-electron chi connectivity index (χ4n) is 3.33. The van der Waals surface area contributed by atoms with E-state index in [9.17, 15) is 4.39 Å². The number of anilines is 1. The molecule has 4 rings (SSSR count). The molecule has 0 fully saturated rings. The van der Waals surface area contributed by atoms with Crippen molar-refractivity contribution in [3.63, 3.8) is 0 Å². The summed E-state index contributed by atoms with van der Waals surface area (Å²) < 4.78 is 14.6. The Morgan fingerprint density at radius 1 is 1.15 bits per heavy atom. The molecule has 2 aromatic rings. The molecule has 0 saturated carbocycles. The van der Waals surface area contributed by atoms with Crippen LogP contribution in [0.5, 0.6) is 0 Å². The highest BCUT2D eigenvalue weighted by Gasteiger charge is 2.34. The minimum Gasteiger partial charge on any atom is -0.293 e. The molecule has 27 heavy (non-hydrogen) atoms. The fraction of sp³-hybridized carbons (Fsp3) is 0.190. The van der Waals surface area contributed by atoms with Gasteiger partial charge in [0.25, 0.3) is 0 Å². The Kier molecular flexibility index (Phi) is 4.40. The van der Waals surface area contributed by atoms with Gasteiger partial charge in [0.2, 0.25) is 0 Å². The molecule has 4 nitrogen and oxygen atoms in total. The number of allylic oxidation sites excluding steroid dienone is 1. The molecule has 0 saturated heterocycles. The van der Waals surface area contributed by atoms with Gasteiger partial charge in [-0.25, -0.2) is 4.39 Å². The van der Waals surface area contributed by atoms with Gasteiger partial charge in [-0.1, -0.05) is 37.2 Å². The van der Waals surface area contributed by atoms with E-state index < -0.39 is 0 Å². The largest absolute Gasteiger partial charge is 0.293 e. The topological polar surface area (TPSA) is 40.3 Å². The molecule has 6 heteroatoms. The monoisotopic (exact) mass is 380 g/mol. The summed E-state index contributed by atoms with van der Waals surface area (Å²) in [4.78, 5) is 6.83. The third-order valence-corrected chi connectivity index (χ3v) is 5.01. The van der Waals surface area contributed by atoms with Gasteiger partial charge < -0.3 is 0 Å². The second-order valence-electron chi connectivity index (χ2n) is 6.47. The summed E-state index contributed by atoms with van der Waals surface area (Å²) in [5, 5.41) is 9.21. The van der Waals surface area contributed by atoms with Crippen LogP contribution in [0.2, 0.25) is 5.02 Å². The molecule has 0 N–H and O–H groups in total. The van der Waals surface area contributed by atoms with Gasteiger partial charge in [-0.05, 0) is 43.7 Å². The second-order valence-corrected chi connectivity index (χ2v) is 6.91. The minimum absolute atomic E-state index is 0.278. The molecular weight excluding hydrogens is 363 g/mol. The van der Waals surface area contributed by atoms with Crippen molar-refractivity contribution in [3.05, 3.63) is 76.7 Å². The lowest BCUT2D eigenvalue weighted by Crippen LogP contribution is -2.40. The number of hydrogen-bond donors (Lipinski definition) is 0. The van der Waals surface area contributed by atoms with Crippen molar-refractivity contribution in [2.75, 3.05) is 4.90 Å². The van der Waals surface area contributed by atoms with E-state index >= 15 is 0 Å². The van der Waals surface area contributed by atoms with Crippen molar-refractivity contribution in [1.82, 2.24) is 0 Å². The molecule has 0 radical (unpaired) electrons. The molecule has 2 aromatic carbocycles. The van der Waals surface area contributed by atoms with E-state index in [1.165, 1.54) is 6.07 Å². The lowest BCUT2D eigenvalue weighted by molar-refractivity contribution is 0.625. The quantitative estimate of drug-likeness (QED) is 0.704. The summed E-state index contributed by atoms with van der Waals surface area (Å²) in [6.45, 7) is 8.06. The predicted octanol–water partition coefficient (Wildman–Crippen LogP) is 5.22. The summed E-state index contributed by atoms with van der Waals surface area (Å²) in [7, 11) is 0. The van der Waals surface area contributed by atoms with Crippen LogP contribution in [0.4, 0.5) is 10.1 Å². The van der Waals surface area contributed by atoms with Crippen LogP contribution in [0.1, 0.15) is 31.4 Å². The normalized spacial score (nSPS) is 18.8. The maximum absolute atomic E-state index is 14.6. The van der Waals surface area contributed by atoms with Gasteiger partial charge in [-0.15, -0.1) is 5.10 Å². The maximum Gasteiger partial charge on any atom is 0.161 e. The Bertz CT molecular complexity index is 1040. The highest BCUT2D eigenvalue weighted by atomic mass is 35.5. The van der Waals surface area contributed by atoms with E-state index in [-0.39, 0.29) is 11.9 Å². The first-order valence-electron chi connectivity index (χ1n) is 8.75. The average molecular weight is 381 g/mol. The van der Waals surface area contributed by atoms with Gasteiger partial charge in [-0.2, -0.15) is 5.10 Å². The Labute approximate surface area is 162 Å². The molecule has 1 unspecified atom stereocenters. The Balaban J connectivity index is 2.04. The van der Waals surface area contributed by atoms with Crippen molar-refractivity contribution in [2.45, 2.75) is 26.3 Å². The van der Waals surface area contributed by atoms with Crippen molar-refractivity contribution in [2.24, 2.45) is 15.2 Å². The molecule has 0 aliphatic carbocycles. The maximum atomic E-state index is 14.6. The molecule has 1 atom stereocenters. The Morgan fingerprint density at radius 2 is 1.93 bits per heavy atom. The zero-order valence-corrected chi connectivity index (χ0v) is 15.8. The minimum atomic E-state index is -0.319. The summed E-state index contributed by atoms with van der Waals surface area (Å²) in [6, 6.07) is 11.9. The number of fused-ring (bicyclic) bond motifs is 3. The lowest BCUT2D eigenvalue weighted by Gasteiger charge is -2.31. The number of rotatable bonds is 2. The molecule has 0 aromatic heterocycles. The first-order chi connectivity index (χ1) is 13.0. The molecule has 2 heterocycles. The van der Waals surface area contributed by atoms with Crippen LogP contribution in [0.15, 0.2) is 69.9 Å². The molecule has 2 aliphatic heterocycles. The van der Waals surface area contributed by atoms with Crippen molar-refractivity contribution in [3.8, 4) is 0 Å². The summed E-state index contributed by atoms with van der Waals surface area (Å²) in [5.74, 6) is 0.350. The van der Waals surface area contributed by atoms with E-state index in [1.54, 1.807) is 24.3 Å². The van der Waals surface area contributed by atoms with Crippen LogP contribution >= 0.6 is 11.6 Å². The van der Waals surface area contributed by atoms with Crippen LogP contribution in [-0.2, 0) is 0 Å². The summed E-state index contributed by atoms with van der Waals surface area (Å²) in [5.41, 5.74) is 4.01. The molecular formula is C21H18ClFN4. The van der Waals surface area contributed by atoms with E-state index in [1.807, 2.05) is 30.9 Å². The molecule has 0 spiro atoms. The van der Waals surface area contributed by atoms with Crippen LogP contribution in [0.3, 0.4) is 0 Å². The van der Waals surface area contributed by atoms with Crippen molar-refractivity contribution < 1.29 is 4.39 Å². The number of nitrogens with zero attached hydrogens (tertiary/aromatic N) is 4. The van der Waals surface area contributed by atoms with Gasteiger partial charge in [0.15, 0.2) is 5.84 Å². The number of halogens is 2. The molecule has 0 amide bonds. The first-order valence-corrected chi connectivity index (χ1v) is 9.13. The van der Waals surface area contributed by atoms with Gasteiger partial charge in [-0.3, -0.25) is 9.89 Å². The van der Waals surface area contributed by atoms with Crippen LogP contribution in [0.25, 0.3) is 0 Å². The zero-order valence-electron chi connectivity index (χ0n) is 15.1. The molecule has 0 bridgehead atoms. The lowest BCUT2D eigenvalue weighted by atomic mass is 9.99. The van der Waals surface area contributed by atoms with Crippen LogP contribution < -0.4 is 4.90 Å². The summed E-state index contributed by atoms with van der Waals surface area (Å²) in [6.07, 6.45) is 0.691. The first kappa shape index (κ1) is 17.6. The highest BCUT2D eigenvalue weighted by molar-refractivity contribution is 6.32. The number of hydrogen-bond acceptors (Lipinski definition) is 4. The Hall–Kier alpha value is -2.79. The van der Waals surface area contributed by atoms with Gasteiger partial charge in [0.1, 0.15) is 11.9 Å². The molecule has 2 aliphatic rings. The Morgan fingerprint density at radius 3 is 2.67 bits per heavy atom. The van der Waals surface area contributed by atoms with Crippen molar-refractivity contribution >= 4 is 34.5 Å². The van der Waals surface area contributed by atoms with Crippen LogP contribution in [0, 0.1) is 5.82 Å². The van der Waals surface area contributed by atoms with Crippen LogP contribution in [-0.4, -0.2) is 23.3 Å². The van der Waals surface area contributed by atoms with Gasteiger partial charge >= 0.3 is 0 Å². The number of aliphatic imine (C=N–C) groups is 1. The highest BCUT2D eigenvalue weighted by Crippen LogP contribution is 2.36. The summed E-state index contributed by atoms with van der Waals surface area (Å²) >= 11 is 6.30. The molecule has 136 valence electrons. The zero-order chi connectivity index (χ0) is 19.1. The predicted molar refractivity (Wildman–Crippen MR) is 110 cm³/mol. The van der Waals surface area contributed by atoms with Gasteiger partial charge in [0.05, 0.1) is 22.8 Å². The standard InChI is InChI=1S/C21H18ClFN4/c1-4-18-21-26-25-12(2)13(3)27(21)19-11-14(22)9-10-16(19)20(24-18)15-7-5-6-8-17(15)23/h5-11,18H,3-4H2,1-2H3. The SMILES string of the molecule is C=C1C(C)=NN=C2C(CC)N=C(c3ccccc3F)c3ccc(Cl)cc3N12. The average Bonchev–Trinajstić information content (AvgIpc) is 2.79. The van der Waals surface area contributed by atoms with E-state index in [0.29, 0.717) is 40.0 Å². The third kappa shape index (κ3) is 2.88. The van der Waals surface area contributed by atoms with E-state index in [0.717, 1.165) is 11.3 Å².